The lowest BCUT2D eigenvalue weighted by molar-refractivity contribution is -0.144. The van der Waals surface area contributed by atoms with Crippen LogP contribution in [0, 0.1) is 0 Å². The number of rotatable bonds is 11. The highest BCUT2D eigenvalue weighted by Crippen LogP contribution is 2.36. The number of pyridine rings is 1. The Balaban J connectivity index is 0.924. The number of aromatic nitrogens is 5. The average Bonchev–Trinajstić information content (AvgIpc) is 4.07. The molecule has 2 aliphatic rings. The number of imidazole rings is 2. The van der Waals surface area contributed by atoms with Gasteiger partial charge in [0.1, 0.15) is 11.6 Å². The maximum atomic E-state index is 13.6. The number of ether oxygens (including phenoxy) is 2. The van der Waals surface area contributed by atoms with Crippen LogP contribution in [0.2, 0.25) is 0 Å². The van der Waals surface area contributed by atoms with Gasteiger partial charge in [0, 0.05) is 44.6 Å². The van der Waals surface area contributed by atoms with E-state index in [0.29, 0.717) is 13.1 Å². The first-order valence-corrected chi connectivity index (χ1v) is 18.5. The molecular formula is C43H43N7O4. The van der Waals surface area contributed by atoms with Gasteiger partial charge in [-0.3, -0.25) is 14.6 Å². The molecule has 2 amide bonds. The molecule has 0 bridgehead atoms. The van der Waals surface area contributed by atoms with Gasteiger partial charge in [0.05, 0.1) is 41.6 Å². The van der Waals surface area contributed by atoms with Crippen LogP contribution in [0.4, 0.5) is 0 Å². The molecule has 2 saturated heterocycles. The van der Waals surface area contributed by atoms with Crippen LogP contribution in [-0.2, 0) is 19.1 Å². The molecule has 0 unspecified atom stereocenters. The summed E-state index contributed by atoms with van der Waals surface area (Å²) >= 11 is 0. The highest BCUT2D eigenvalue weighted by atomic mass is 16.5. The van der Waals surface area contributed by atoms with Gasteiger partial charge in [-0.05, 0) is 54.5 Å². The molecular weight excluding hydrogens is 679 g/mol. The van der Waals surface area contributed by atoms with Crippen molar-refractivity contribution in [3.05, 3.63) is 138 Å². The summed E-state index contributed by atoms with van der Waals surface area (Å²) in [5.41, 5.74) is 7.16. The van der Waals surface area contributed by atoms with E-state index in [2.05, 4.69) is 34.2 Å². The molecule has 54 heavy (non-hydrogen) atoms. The number of H-pyrrole nitrogens is 2. The van der Waals surface area contributed by atoms with Gasteiger partial charge in [0.25, 0.3) is 11.8 Å². The number of carbonyl (C=O) groups is 2. The summed E-state index contributed by atoms with van der Waals surface area (Å²) in [6.45, 7) is 1.33. The Hall–Kier alpha value is -5.91. The summed E-state index contributed by atoms with van der Waals surface area (Å²) in [6, 6.07) is 31.2. The van der Waals surface area contributed by atoms with Gasteiger partial charge in [-0.2, -0.15) is 0 Å². The zero-order valence-electron chi connectivity index (χ0n) is 30.4. The lowest BCUT2D eigenvalue weighted by Gasteiger charge is -2.27. The fourth-order valence-electron chi connectivity index (χ4n) is 7.80. The topological polar surface area (TPSA) is 129 Å². The Morgan fingerprint density at radius 2 is 1.06 bits per heavy atom. The molecule has 274 valence electrons. The molecule has 0 spiro atoms. The van der Waals surface area contributed by atoms with Crippen molar-refractivity contribution in [3.8, 4) is 33.8 Å². The van der Waals surface area contributed by atoms with Gasteiger partial charge in [0.15, 0.2) is 12.2 Å². The third kappa shape index (κ3) is 6.95. The summed E-state index contributed by atoms with van der Waals surface area (Å²) in [4.78, 5) is 52.1. The minimum atomic E-state index is -0.654. The van der Waals surface area contributed by atoms with E-state index in [0.717, 1.165) is 82.2 Å². The first-order chi connectivity index (χ1) is 26.5. The fourth-order valence-corrected chi connectivity index (χ4v) is 7.80. The second-order valence-corrected chi connectivity index (χ2v) is 13.8. The number of nitrogens with zero attached hydrogens (tertiary/aromatic N) is 5. The van der Waals surface area contributed by atoms with Crippen molar-refractivity contribution in [2.75, 3.05) is 27.3 Å². The molecule has 0 saturated carbocycles. The Kier molecular flexibility index (Phi) is 10.1. The maximum absolute atomic E-state index is 13.6. The quantitative estimate of drug-likeness (QED) is 0.141. The molecule has 2 fully saturated rings. The predicted octanol–water partition coefficient (Wildman–Crippen LogP) is 7.63. The highest BCUT2D eigenvalue weighted by molar-refractivity contribution is 5.83. The van der Waals surface area contributed by atoms with Crippen LogP contribution in [0.25, 0.3) is 33.8 Å². The molecule has 11 heteroatoms. The van der Waals surface area contributed by atoms with Crippen molar-refractivity contribution < 1.29 is 19.1 Å². The molecule has 0 aliphatic carbocycles. The maximum Gasteiger partial charge on any atom is 0.256 e. The summed E-state index contributed by atoms with van der Waals surface area (Å²) in [5, 5.41) is 0. The van der Waals surface area contributed by atoms with Crippen molar-refractivity contribution in [1.29, 1.82) is 0 Å². The third-order valence-corrected chi connectivity index (χ3v) is 10.6. The second kappa shape index (κ2) is 15.6. The van der Waals surface area contributed by atoms with Crippen molar-refractivity contribution >= 4 is 11.8 Å². The lowest BCUT2D eigenvalue weighted by atomic mass is 10.1. The van der Waals surface area contributed by atoms with E-state index < -0.39 is 12.2 Å². The van der Waals surface area contributed by atoms with Crippen LogP contribution >= 0.6 is 0 Å². The number of hydrogen-bond acceptors (Lipinski definition) is 7. The van der Waals surface area contributed by atoms with Crippen LogP contribution in [0.15, 0.2) is 116 Å². The highest BCUT2D eigenvalue weighted by Gasteiger charge is 2.37. The third-order valence-electron chi connectivity index (χ3n) is 10.6. The standard InChI is InChI=1S/C43H43N7O4/c1-53-38(30-11-5-3-6-12-30)42(51)49-23-9-15-36(49)40-45-26-34(47-40)29-19-17-28(18-20-29)33-22-21-32(25-44-33)35-27-46-41(48-35)37-16-10-24-50(37)43(52)39(54-2)31-13-7-4-8-14-31/h3-8,11-14,17-22,25-27,36-39H,9-10,15-16,23-24H2,1-2H3,(H,45,47)(H,46,48)/t36-,37-,38-,39+/m0/s1. The molecule has 4 atom stereocenters. The number of likely N-dealkylation sites (tertiary alicyclic amines) is 2. The van der Waals surface area contributed by atoms with Gasteiger partial charge >= 0.3 is 0 Å². The molecule has 2 aliphatic heterocycles. The first-order valence-electron chi connectivity index (χ1n) is 18.5. The number of amides is 2. The molecule has 5 heterocycles. The van der Waals surface area contributed by atoms with Crippen LogP contribution in [0.5, 0.6) is 0 Å². The molecule has 8 rings (SSSR count). The molecule has 3 aromatic heterocycles. The van der Waals surface area contributed by atoms with E-state index in [4.69, 9.17) is 24.4 Å². The van der Waals surface area contributed by atoms with Gasteiger partial charge in [0.2, 0.25) is 0 Å². The zero-order valence-corrected chi connectivity index (χ0v) is 30.4. The number of methoxy groups -OCH3 is 2. The summed E-state index contributed by atoms with van der Waals surface area (Å²) in [7, 11) is 3.15. The van der Waals surface area contributed by atoms with Gasteiger partial charge in [-0.25, -0.2) is 9.97 Å². The Morgan fingerprint density at radius 1 is 0.593 bits per heavy atom. The average molecular weight is 722 g/mol. The van der Waals surface area contributed by atoms with Crippen molar-refractivity contribution in [2.45, 2.75) is 50.0 Å². The summed E-state index contributed by atoms with van der Waals surface area (Å²) < 4.78 is 11.3. The minimum absolute atomic E-state index is 0.0490. The van der Waals surface area contributed by atoms with E-state index in [9.17, 15) is 9.59 Å². The van der Waals surface area contributed by atoms with E-state index in [1.807, 2.05) is 101 Å². The molecule has 11 nitrogen and oxygen atoms in total. The lowest BCUT2D eigenvalue weighted by Crippen LogP contribution is -2.35. The summed E-state index contributed by atoms with van der Waals surface area (Å²) in [5.74, 6) is 1.44. The SMILES string of the molecule is CO[C@H](C(=O)N1CCC[C@H]1c1ncc(-c2ccc(-c3ccc(-c4cnc([C@@H]5CCCN5C(=O)[C@H](OC)c5ccccc5)[nH]4)cn3)cc2)[nH]1)c1ccccc1. The van der Waals surface area contributed by atoms with Gasteiger partial charge < -0.3 is 29.2 Å². The molecule has 6 aromatic rings. The van der Waals surface area contributed by atoms with Crippen molar-refractivity contribution in [2.24, 2.45) is 0 Å². The second-order valence-electron chi connectivity index (χ2n) is 13.8. The Labute approximate surface area is 314 Å². The monoisotopic (exact) mass is 721 g/mol. The van der Waals surface area contributed by atoms with Crippen molar-refractivity contribution in [3.63, 3.8) is 0 Å². The predicted molar refractivity (Wildman–Crippen MR) is 205 cm³/mol. The van der Waals surface area contributed by atoms with Crippen LogP contribution in [0.1, 0.15) is 72.8 Å². The first kappa shape index (κ1) is 35.1. The van der Waals surface area contributed by atoms with Gasteiger partial charge in [-0.1, -0.05) is 84.9 Å². The normalized spacial score (nSPS) is 18.2. The number of benzene rings is 3. The van der Waals surface area contributed by atoms with E-state index in [-0.39, 0.29) is 23.9 Å². The Morgan fingerprint density at radius 3 is 1.52 bits per heavy atom. The smallest absolute Gasteiger partial charge is 0.256 e. The largest absolute Gasteiger partial charge is 0.367 e. The number of aromatic amines is 2. The van der Waals surface area contributed by atoms with Crippen molar-refractivity contribution in [1.82, 2.24) is 34.7 Å². The molecule has 2 N–H and O–H groups in total. The number of nitrogens with one attached hydrogen (secondary N) is 2. The van der Waals surface area contributed by atoms with E-state index in [1.165, 1.54) is 0 Å². The van der Waals surface area contributed by atoms with E-state index >= 15 is 0 Å². The van der Waals surface area contributed by atoms with Gasteiger partial charge in [-0.15, -0.1) is 0 Å². The van der Waals surface area contributed by atoms with Crippen LogP contribution < -0.4 is 0 Å². The number of hydrogen-bond donors (Lipinski definition) is 2. The Bertz CT molecular complexity index is 2030. The zero-order chi connectivity index (χ0) is 37.0. The summed E-state index contributed by atoms with van der Waals surface area (Å²) in [6.07, 6.45) is 7.67. The van der Waals surface area contributed by atoms with Crippen LogP contribution in [0.3, 0.4) is 0 Å². The fraction of sp³-hybridized carbons (Fsp3) is 0.279. The van der Waals surface area contributed by atoms with E-state index in [1.54, 1.807) is 14.2 Å². The minimum Gasteiger partial charge on any atom is -0.367 e. The molecule has 3 aromatic carbocycles. The van der Waals surface area contributed by atoms with Crippen LogP contribution in [-0.4, -0.2) is 73.8 Å². The molecule has 0 radical (unpaired) electrons. The number of carbonyl (C=O) groups excluding carboxylic acids is 2.